The average molecular weight is 428 g/mol. The van der Waals surface area contributed by atoms with Gasteiger partial charge in [0.05, 0.1) is 34.5 Å². The Morgan fingerprint density at radius 3 is 2.45 bits per heavy atom. The molecule has 1 heterocycles. The molecule has 1 unspecified atom stereocenters. The predicted molar refractivity (Wildman–Crippen MR) is 114 cm³/mol. The van der Waals surface area contributed by atoms with Gasteiger partial charge in [0.15, 0.2) is 0 Å². The van der Waals surface area contributed by atoms with E-state index in [1.807, 2.05) is 13.8 Å². The Balaban J connectivity index is 2.28. The molecule has 1 aromatic heterocycles. The number of benzene rings is 1. The second kappa shape index (κ2) is 11.2. The molecule has 2 rings (SSSR count). The Bertz CT molecular complexity index is 910. The Hall–Kier alpha value is -3.31. The van der Waals surface area contributed by atoms with Crippen LogP contribution in [0.4, 0.5) is 5.69 Å². The number of hydrogen-bond donors (Lipinski definition) is 4. The van der Waals surface area contributed by atoms with Crippen molar-refractivity contribution in [1.29, 1.82) is 0 Å². The van der Waals surface area contributed by atoms with Crippen LogP contribution >= 0.6 is 0 Å². The lowest BCUT2D eigenvalue weighted by Crippen LogP contribution is -2.48. The Kier molecular flexibility index (Phi) is 8.65. The number of nitrogens with zero attached hydrogens (tertiary/aromatic N) is 2. The molecule has 0 aliphatic carbocycles. The number of nitro benzene ring substituents is 1. The van der Waals surface area contributed by atoms with Crippen molar-refractivity contribution in [1.82, 2.24) is 15.6 Å². The largest absolute Gasteiger partial charge is 0.475 e. The molecule has 0 bridgehead atoms. The lowest BCUT2D eigenvalue weighted by atomic mass is 9.75. The van der Waals surface area contributed by atoms with E-state index < -0.39 is 35.8 Å². The molecule has 0 saturated heterocycles. The van der Waals surface area contributed by atoms with E-state index in [2.05, 4.69) is 15.6 Å². The maximum atomic E-state index is 12.7. The third kappa shape index (κ3) is 7.16. The van der Waals surface area contributed by atoms with Gasteiger partial charge in [-0.3, -0.25) is 24.7 Å². The maximum absolute atomic E-state index is 12.7. The van der Waals surface area contributed by atoms with Crippen LogP contribution < -0.4 is 10.6 Å². The van der Waals surface area contributed by atoms with Crippen molar-refractivity contribution in [3.8, 4) is 0 Å². The van der Waals surface area contributed by atoms with E-state index in [-0.39, 0.29) is 29.2 Å². The number of carbonyl (C=O) groups excluding carboxylic acids is 2. The lowest BCUT2D eigenvalue weighted by Gasteiger charge is -2.23. The summed E-state index contributed by atoms with van der Waals surface area (Å²) in [6, 6.07) is 7.89. The number of rotatable bonds is 10. The fraction of sp³-hybridized carbons (Fsp3) is 0.350. The van der Waals surface area contributed by atoms with Crippen LogP contribution in [0.25, 0.3) is 0 Å². The lowest BCUT2D eigenvalue weighted by molar-refractivity contribution is -0.385. The fourth-order valence-electron chi connectivity index (χ4n) is 3.14. The van der Waals surface area contributed by atoms with Crippen LogP contribution in [-0.2, 0) is 4.79 Å². The fourth-order valence-corrected chi connectivity index (χ4v) is 3.14. The van der Waals surface area contributed by atoms with Crippen LogP contribution in [0.3, 0.4) is 0 Å². The van der Waals surface area contributed by atoms with Gasteiger partial charge >= 0.3 is 7.12 Å². The first-order valence-electron chi connectivity index (χ1n) is 9.78. The minimum absolute atomic E-state index is 0.0865. The molecule has 1 aromatic carbocycles. The molecule has 11 heteroatoms. The third-order valence-electron chi connectivity index (χ3n) is 4.56. The highest BCUT2D eigenvalue weighted by Gasteiger charge is 2.30. The Morgan fingerprint density at radius 1 is 1.16 bits per heavy atom. The normalized spacial score (nSPS) is 12.7. The van der Waals surface area contributed by atoms with Crippen LogP contribution in [0.5, 0.6) is 0 Å². The molecule has 0 radical (unpaired) electrons. The van der Waals surface area contributed by atoms with Gasteiger partial charge in [0.1, 0.15) is 0 Å². The van der Waals surface area contributed by atoms with Crippen molar-refractivity contribution < 1.29 is 24.6 Å². The molecule has 4 N–H and O–H groups in total. The molecule has 2 aromatic rings. The van der Waals surface area contributed by atoms with Gasteiger partial charge in [-0.25, -0.2) is 0 Å². The standard InChI is InChI=1S/C20H25BN4O6/c1-13(2)10-18(21(28)29)24-19(26)11-16(15-7-3-4-8-17(15)25(30)31)23-20(27)14-6-5-9-22-12-14/h3-9,12-13,16,18,28-29H,10-11H2,1-2H3,(H,23,27)(H,24,26)/t16?,18-/m0/s1. The van der Waals surface area contributed by atoms with E-state index in [0.717, 1.165) is 0 Å². The van der Waals surface area contributed by atoms with Gasteiger partial charge in [0, 0.05) is 18.5 Å². The zero-order valence-corrected chi connectivity index (χ0v) is 17.3. The van der Waals surface area contributed by atoms with E-state index in [4.69, 9.17) is 0 Å². The summed E-state index contributed by atoms with van der Waals surface area (Å²) in [5.41, 5.74) is 0.146. The summed E-state index contributed by atoms with van der Waals surface area (Å²) in [5, 5.41) is 35.8. The second-order valence-electron chi connectivity index (χ2n) is 7.50. The predicted octanol–water partition coefficient (Wildman–Crippen LogP) is 1.39. The van der Waals surface area contributed by atoms with Crippen LogP contribution in [0, 0.1) is 16.0 Å². The van der Waals surface area contributed by atoms with Gasteiger partial charge in [0.25, 0.3) is 11.6 Å². The summed E-state index contributed by atoms with van der Waals surface area (Å²) in [4.78, 5) is 40.0. The van der Waals surface area contributed by atoms with Crippen molar-refractivity contribution in [3.63, 3.8) is 0 Å². The minimum Gasteiger partial charge on any atom is -0.426 e. The third-order valence-corrected chi connectivity index (χ3v) is 4.56. The number of carbonyl (C=O) groups is 2. The van der Waals surface area contributed by atoms with Crippen LogP contribution in [0.15, 0.2) is 48.8 Å². The maximum Gasteiger partial charge on any atom is 0.475 e. The van der Waals surface area contributed by atoms with Crippen molar-refractivity contribution in [2.24, 2.45) is 5.92 Å². The minimum atomic E-state index is -1.76. The highest BCUT2D eigenvalue weighted by atomic mass is 16.6. The van der Waals surface area contributed by atoms with Crippen molar-refractivity contribution in [2.45, 2.75) is 38.7 Å². The average Bonchev–Trinajstić information content (AvgIpc) is 2.73. The van der Waals surface area contributed by atoms with Gasteiger partial charge in [-0.1, -0.05) is 32.0 Å². The Morgan fingerprint density at radius 2 is 1.87 bits per heavy atom. The molecule has 0 aliphatic heterocycles. The first-order valence-corrected chi connectivity index (χ1v) is 9.78. The van der Waals surface area contributed by atoms with Crippen LogP contribution in [-0.4, -0.2) is 44.8 Å². The first-order chi connectivity index (χ1) is 14.7. The van der Waals surface area contributed by atoms with Gasteiger partial charge in [-0.2, -0.15) is 0 Å². The van der Waals surface area contributed by atoms with Crippen molar-refractivity contribution >= 4 is 24.6 Å². The molecule has 164 valence electrons. The number of para-hydroxylation sites is 1. The SMILES string of the molecule is CC(C)C[C@H](NC(=O)CC(NC(=O)c1cccnc1)c1ccccc1[N+](=O)[O-])B(O)O. The van der Waals surface area contributed by atoms with Gasteiger partial charge in [0.2, 0.25) is 5.91 Å². The second-order valence-corrected chi connectivity index (χ2v) is 7.50. The highest BCUT2D eigenvalue weighted by molar-refractivity contribution is 6.43. The van der Waals surface area contributed by atoms with E-state index in [0.29, 0.717) is 6.42 Å². The molecule has 10 nitrogen and oxygen atoms in total. The molecular weight excluding hydrogens is 403 g/mol. The summed E-state index contributed by atoms with van der Waals surface area (Å²) in [6.07, 6.45) is 2.82. The van der Waals surface area contributed by atoms with Gasteiger partial charge in [-0.05, 0) is 24.5 Å². The van der Waals surface area contributed by atoms with Crippen molar-refractivity contribution in [3.05, 3.63) is 70.0 Å². The summed E-state index contributed by atoms with van der Waals surface area (Å²) >= 11 is 0. The smallest absolute Gasteiger partial charge is 0.426 e. The summed E-state index contributed by atoms with van der Waals surface area (Å²) in [7, 11) is -1.76. The topological polar surface area (TPSA) is 155 Å². The zero-order valence-electron chi connectivity index (χ0n) is 17.3. The monoisotopic (exact) mass is 428 g/mol. The van der Waals surface area contributed by atoms with E-state index in [9.17, 15) is 29.8 Å². The summed E-state index contributed by atoms with van der Waals surface area (Å²) in [6.45, 7) is 3.73. The first kappa shape index (κ1) is 24.0. The number of amides is 2. The molecular formula is C20H25BN4O6. The molecule has 31 heavy (non-hydrogen) atoms. The van der Waals surface area contributed by atoms with Gasteiger partial charge in [-0.15, -0.1) is 0 Å². The number of hydrogen-bond acceptors (Lipinski definition) is 7. The number of aromatic nitrogens is 1. The molecule has 0 saturated carbocycles. The van der Waals surface area contributed by atoms with E-state index in [1.165, 1.54) is 36.7 Å². The highest BCUT2D eigenvalue weighted by Crippen LogP contribution is 2.27. The summed E-state index contributed by atoms with van der Waals surface area (Å²) < 4.78 is 0. The number of pyridine rings is 1. The quantitative estimate of drug-likeness (QED) is 0.253. The molecule has 0 aliphatic rings. The van der Waals surface area contributed by atoms with E-state index in [1.54, 1.807) is 12.1 Å². The molecule has 2 atom stereocenters. The van der Waals surface area contributed by atoms with Crippen LogP contribution in [0.1, 0.15) is 48.7 Å². The molecule has 0 fully saturated rings. The van der Waals surface area contributed by atoms with Crippen LogP contribution in [0.2, 0.25) is 0 Å². The summed E-state index contributed by atoms with van der Waals surface area (Å²) in [5.74, 6) is -1.96. The van der Waals surface area contributed by atoms with E-state index >= 15 is 0 Å². The number of nitrogens with one attached hydrogen (secondary N) is 2. The number of nitro groups is 1. The Labute approximate surface area is 180 Å². The molecule has 2 amide bonds. The van der Waals surface area contributed by atoms with Crippen molar-refractivity contribution in [2.75, 3.05) is 0 Å². The zero-order chi connectivity index (χ0) is 23.0. The van der Waals surface area contributed by atoms with Gasteiger partial charge < -0.3 is 20.7 Å². The molecule has 0 spiro atoms.